The highest BCUT2D eigenvalue weighted by molar-refractivity contribution is 5.53. The van der Waals surface area contributed by atoms with Gasteiger partial charge in [0.05, 0.1) is 0 Å². The highest BCUT2D eigenvalue weighted by Gasteiger charge is 1.95. The topological polar surface area (TPSA) is 57.5 Å². The number of carbonyl (C=O) groups is 1. The van der Waals surface area contributed by atoms with Crippen molar-refractivity contribution in [2.45, 2.75) is 70.6 Å². The smallest absolute Gasteiger partial charge is 0.450 e. The van der Waals surface area contributed by atoms with Gasteiger partial charge >= 0.3 is 6.16 Å². The van der Waals surface area contributed by atoms with Gasteiger partial charge in [-0.3, -0.25) is 0 Å². The molecule has 90 valence electrons. The molecule has 15 heavy (non-hydrogen) atoms. The van der Waals surface area contributed by atoms with E-state index in [2.05, 4.69) is 0 Å². The van der Waals surface area contributed by atoms with Crippen LogP contribution in [0.1, 0.15) is 70.6 Å². The molecule has 0 amide bonds. The van der Waals surface area contributed by atoms with Gasteiger partial charge in [0.15, 0.2) is 0 Å². The maximum atomic E-state index is 8.56. The van der Waals surface area contributed by atoms with Crippen LogP contribution in [-0.4, -0.2) is 16.4 Å². The normalized spacial score (nSPS) is 19.2. The molecule has 0 unspecified atom stereocenters. The van der Waals surface area contributed by atoms with E-state index >= 15 is 0 Å². The average Bonchev–Trinajstić information content (AvgIpc) is 2.77. The van der Waals surface area contributed by atoms with E-state index in [4.69, 9.17) is 15.0 Å². The second-order valence-corrected chi connectivity index (χ2v) is 4.17. The molecule has 0 aromatic rings. The van der Waals surface area contributed by atoms with Crippen LogP contribution in [-0.2, 0) is 0 Å². The van der Waals surface area contributed by atoms with E-state index in [9.17, 15) is 0 Å². The zero-order valence-corrected chi connectivity index (χ0v) is 9.58. The number of hydrogen-bond donors (Lipinski definition) is 2. The highest BCUT2D eigenvalue weighted by atomic mass is 16.6. The van der Waals surface area contributed by atoms with Crippen LogP contribution in [0.25, 0.3) is 0 Å². The van der Waals surface area contributed by atoms with E-state index in [-0.39, 0.29) is 0 Å². The van der Waals surface area contributed by atoms with E-state index in [1.807, 2.05) is 0 Å². The van der Waals surface area contributed by atoms with Crippen LogP contribution >= 0.6 is 0 Å². The molecule has 0 aromatic heterocycles. The number of hydrogen-bond acceptors (Lipinski definition) is 1. The molecule has 3 nitrogen and oxygen atoms in total. The second kappa shape index (κ2) is 11.3. The summed E-state index contributed by atoms with van der Waals surface area (Å²) in [5.74, 6) is 0. The first-order valence-corrected chi connectivity index (χ1v) is 6.15. The summed E-state index contributed by atoms with van der Waals surface area (Å²) in [5, 5.41) is 13.9. The van der Waals surface area contributed by atoms with E-state index in [1.54, 1.807) is 0 Å². The summed E-state index contributed by atoms with van der Waals surface area (Å²) < 4.78 is 0. The highest BCUT2D eigenvalue weighted by Crippen LogP contribution is 2.15. The van der Waals surface area contributed by atoms with Crippen molar-refractivity contribution in [1.29, 1.82) is 0 Å². The Balaban J connectivity index is 0.000000202. The van der Waals surface area contributed by atoms with E-state index in [1.165, 1.54) is 70.6 Å². The fourth-order valence-corrected chi connectivity index (χ4v) is 1.94. The van der Waals surface area contributed by atoms with Gasteiger partial charge in [0.1, 0.15) is 0 Å². The van der Waals surface area contributed by atoms with Crippen molar-refractivity contribution < 1.29 is 15.0 Å². The van der Waals surface area contributed by atoms with Crippen molar-refractivity contribution in [2.24, 2.45) is 0 Å². The molecule has 0 spiro atoms. The van der Waals surface area contributed by atoms with Crippen molar-refractivity contribution in [1.82, 2.24) is 0 Å². The summed E-state index contributed by atoms with van der Waals surface area (Å²) in [6, 6.07) is 0. The van der Waals surface area contributed by atoms with Crippen LogP contribution in [0.5, 0.6) is 0 Å². The molecule has 2 fully saturated rings. The zero-order chi connectivity index (χ0) is 11.4. The lowest BCUT2D eigenvalue weighted by atomic mass is 10.0. The van der Waals surface area contributed by atoms with Crippen LogP contribution in [0.3, 0.4) is 0 Å². The third-order valence-electron chi connectivity index (χ3n) is 2.75. The molecule has 0 aliphatic heterocycles. The first-order chi connectivity index (χ1) is 7.23. The molecule has 0 aromatic carbocycles. The van der Waals surface area contributed by atoms with E-state index in [0.29, 0.717) is 0 Å². The van der Waals surface area contributed by atoms with Crippen LogP contribution in [0, 0.1) is 0 Å². The Bertz CT molecular complexity index is 115. The van der Waals surface area contributed by atoms with Gasteiger partial charge in [-0.2, -0.15) is 0 Å². The fourth-order valence-electron chi connectivity index (χ4n) is 1.94. The van der Waals surface area contributed by atoms with Crippen LogP contribution < -0.4 is 0 Å². The van der Waals surface area contributed by atoms with Gasteiger partial charge in [0.25, 0.3) is 0 Å². The zero-order valence-electron chi connectivity index (χ0n) is 9.58. The minimum atomic E-state index is -1.83. The number of carboxylic acid groups (broad SMARTS) is 2. The lowest BCUT2D eigenvalue weighted by molar-refractivity contribution is 0.137. The Hall–Kier alpha value is -0.730. The summed E-state index contributed by atoms with van der Waals surface area (Å²) in [6.07, 6.45) is 14.7. The van der Waals surface area contributed by atoms with Crippen molar-refractivity contribution in [3.8, 4) is 0 Å². The molecule has 2 aliphatic carbocycles. The van der Waals surface area contributed by atoms with Gasteiger partial charge < -0.3 is 10.2 Å². The van der Waals surface area contributed by atoms with E-state index in [0.717, 1.165) is 0 Å². The Labute approximate surface area is 92.5 Å². The molecule has 2 saturated carbocycles. The average molecular weight is 216 g/mol. The molecule has 3 heteroatoms. The summed E-state index contributed by atoms with van der Waals surface area (Å²) >= 11 is 0. The summed E-state index contributed by atoms with van der Waals surface area (Å²) in [7, 11) is 0. The van der Waals surface area contributed by atoms with Crippen LogP contribution in [0.4, 0.5) is 4.79 Å². The third-order valence-corrected chi connectivity index (χ3v) is 2.75. The molecule has 0 radical (unpaired) electrons. The maximum Gasteiger partial charge on any atom is 0.503 e. The molecular formula is C12H24O3. The summed E-state index contributed by atoms with van der Waals surface area (Å²) in [5.41, 5.74) is 0. The Morgan fingerprint density at radius 2 is 0.600 bits per heavy atom. The van der Waals surface area contributed by atoms with Crippen LogP contribution in [0.2, 0.25) is 0 Å². The Kier molecular flexibility index (Phi) is 10.8. The van der Waals surface area contributed by atoms with Gasteiger partial charge in [-0.1, -0.05) is 70.6 Å². The first-order valence-electron chi connectivity index (χ1n) is 6.15. The quantitative estimate of drug-likeness (QED) is 0.626. The minimum Gasteiger partial charge on any atom is -0.450 e. The molecule has 2 N–H and O–H groups in total. The monoisotopic (exact) mass is 216 g/mol. The van der Waals surface area contributed by atoms with Gasteiger partial charge in [0.2, 0.25) is 0 Å². The van der Waals surface area contributed by atoms with Gasteiger partial charge in [-0.05, 0) is 0 Å². The van der Waals surface area contributed by atoms with Crippen molar-refractivity contribution >= 4 is 6.16 Å². The molecule has 2 rings (SSSR count). The molecule has 0 bridgehead atoms. The van der Waals surface area contributed by atoms with Crippen LogP contribution in [0.15, 0.2) is 0 Å². The summed E-state index contributed by atoms with van der Waals surface area (Å²) in [6.45, 7) is 0. The lowest BCUT2D eigenvalue weighted by Crippen LogP contribution is -1.85. The SMILES string of the molecule is C1CCCC1.C1CCCCC1.O=C(O)O. The van der Waals surface area contributed by atoms with Crippen molar-refractivity contribution in [3.05, 3.63) is 0 Å². The standard InChI is InChI=1S/C6H12.C5H10.CH2O3/c1-2-4-6-5-3-1;1-2-4-5-3-1;2-1(3)4/h1-6H2;1-5H2;(H2,2,3,4). The van der Waals surface area contributed by atoms with Gasteiger partial charge in [-0.25, -0.2) is 4.79 Å². The second-order valence-electron chi connectivity index (χ2n) is 4.17. The van der Waals surface area contributed by atoms with Gasteiger partial charge in [-0.15, -0.1) is 0 Å². The Morgan fingerprint density at radius 3 is 0.667 bits per heavy atom. The third kappa shape index (κ3) is 16.0. The molecule has 0 heterocycles. The minimum absolute atomic E-state index is 1.50. The maximum absolute atomic E-state index is 8.56. The lowest BCUT2D eigenvalue weighted by Gasteiger charge is -2.05. The van der Waals surface area contributed by atoms with Crippen molar-refractivity contribution in [2.75, 3.05) is 0 Å². The predicted octanol–water partition coefficient (Wildman–Crippen LogP) is 4.51. The molecule has 0 saturated heterocycles. The van der Waals surface area contributed by atoms with E-state index < -0.39 is 6.16 Å². The Morgan fingerprint density at radius 1 is 0.533 bits per heavy atom. The molecular weight excluding hydrogens is 192 g/mol. The molecule has 0 atom stereocenters. The summed E-state index contributed by atoms with van der Waals surface area (Å²) in [4.78, 5) is 8.56. The predicted molar refractivity (Wildman–Crippen MR) is 61.4 cm³/mol. The van der Waals surface area contributed by atoms with Crippen molar-refractivity contribution in [3.63, 3.8) is 0 Å². The first kappa shape index (κ1) is 14.3. The largest absolute Gasteiger partial charge is 0.503 e. The van der Waals surface area contributed by atoms with Gasteiger partial charge in [0, 0.05) is 0 Å². The fraction of sp³-hybridized carbons (Fsp3) is 0.917. The number of rotatable bonds is 0. The molecule has 2 aliphatic rings.